The summed E-state index contributed by atoms with van der Waals surface area (Å²) < 4.78 is 0. The van der Waals surface area contributed by atoms with Gasteiger partial charge < -0.3 is 10.2 Å². The molecule has 1 atom stereocenters. The van der Waals surface area contributed by atoms with Crippen molar-refractivity contribution in [2.24, 2.45) is 0 Å². The van der Waals surface area contributed by atoms with E-state index in [0.717, 1.165) is 32.7 Å². The molecule has 1 aliphatic heterocycles. The van der Waals surface area contributed by atoms with E-state index < -0.39 is 0 Å². The zero-order valence-corrected chi connectivity index (χ0v) is 15.7. The fourth-order valence-corrected chi connectivity index (χ4v) is 4.05. The van der Waals surface area contributed by atoms with E-state index in [4.69, 9.17) is 0 Å². The van der Waals surface area contributed by atoms with Crippen LogP contribution in [0.25, 0.3) is 10.8 Å². The second-order valence-electron chi connectivity index (χ2n) is 7.63. The van der Waals surface area contributed by atoms with Crippen molar-refractivity contribution in [1.82, 2.24) is 15.1 Å². The van der Waals surface area contributed by atoms with Gasteiger partial charge in [0.25, 0.3) is 0 Å². The summed E-state index contributed by atoms with van der Waals surface area (Å²) in [5, 5.41) is 5.90. The largest absolute Gasteiger partial charge is 0.340 e. The third-order valence-corrected chi connectivity index (χ3v) is 5.82. The first-order valence-electron chi connectivity index (χ1n) is 9.95. The van der Waals surface area contributed by atoms with Gasteiger partial charge in [-0.3, -0.25) is 9.69 Å². The average Bonchev–Trinajstić information content (AvgIpc) is 3.53. The Morgan fingerprint density at radius 3 is 2.62 bits per heavy atom. The van der Waals surface area contributed by atoms with E-state index in [1.807, 2.05) is 4.90 Å². The number of carbonyl (C=O) groups is 1. The molecule has 0 radical (unpaired) electrons. The quantitative estimate of drug-likeness (QED) is 0.868. The molecule has 2 aromatic rings. The molecule has 0 spiro atoms. The van der Waals surface area contributed by atoms with Gasteiger partial charge in [0.05, 0.1) is 0 Å². The van der Waals surface area contributed by atoms with Crippen molar-refractivity contribution >= 4 is 16.7 Å². The molecule has 1 unspecified atom stereocenters. The smallest absolute Gasteiger partial charge is 0.223 e. The third kappa shape index (κ3) is 3.92. The van der Waals surface area contributed by atoms with Gasteiger partial charge in [-0.1, -0.05) is 36.4 Å². The number of hydrogen-bond donors (Lipinski definition) is 1. The van der Waals surface area contributed by atoms with E-state index in [1.54, 1.807) is 0 Å². The van der Waals surface area contributed by atoms with Gasteiger partial charge >= 0.3 is 0 Å². The highest BCUT2D eigenvalue weighted by atomic mass is 16.2. The molecule has 1 aliphatic carbocycles. The fourth-order valence-electron chi connectivity index (χ4n) is 4.05. The minimum Gasteiger partial charge on any atom is -0.340 e. The molecule has 0 aromatic heterocycles. The van der Waals surface area contributed by atoms with E-state index in [1.165, 1.54) is 29.2 Å². The Kier molecular flexibility index (Phi) is 5.23. The lowest BCUT2D eigenvalue weighted by molar-refractivity contribution is -0.132. The minimum absolute atomic E-state index is 0.308. The van der Waals surface area contributed by atoms with Crippen LogP contribution in [-0.4, -0.2) is 54.5 Å². The van der Waals surface area contributed by atoms with Gasteiger partial charge in [0, 0.05) is 51.2 Å². The first-order valence-corrected chi connectivity index (χ1v) is 9.95. The van der Waals surface area contributed by atoms with Crippen LogP contribution in [0.1, 0.15) is 37.8 Å². The Bertz CT molecular complexity index is 765. The first-order chi connectivity index (χ1) is 12.7. The van der Waals surface area contributed by atoms with Gasteiger partial charge in [-0.2, -0.15) is 0 Å². The highest BCUT2D eigenvalue weighted by Gasteiger charge is 2.33. The molecule has 1 N–H and O–H groups in total. The predicted octanol–water partition coefficient (Wildman–Crippen LogP) is 3.19. The molecular weight excluding hydrogens is 322 g/mol. The van der Waals surface area contributed by atoms with E-state index in [9.17, 15) is 4.79 Å². The zero-order chi connectivity index (χ0) is 17.9. The maximum atomic E-state index is 12.6. The molecule has 2 fully saturated rings. The van der Waals surface area contributed by atoms with E-state index in [-0.39, 0.29) is 0 Å². The fraction of sp³-hybridized carbons (Fsp3) is 0.500. The van der Waals surface area contributed by atoms with Crippen LogP contribution < -0.4 is 5.32 Å². The lowest BCUT2D eigenvalue weighted by Gasteiger charge is -2.32. The summed E-state index contributed by atoms with van der Waals surface area (Å²) in [6.45, 7) is 6.70. The standard InChI is InChI=1S/C22H29N3O/c1-17(19-7-6-18-4-2-3-5-20(18)16-19)25(21-8-9-21)13-10-22(26)24-14-11-23-12-15-24/h2-7,16-17,21,23H,8-15H2,1H3. The van der Waals surface area contributed by atoms with Crippen molar-refractivity contribution in [2.75, 3.05) is 32.7 Å². The molecule has 1 saturated heterocycles. The number of rotatable bonds is 6. The van der Waals surface area contributed by atoms with Gasteiger partial charge in [0.2, 0.25) is 5.91 Å². The van der Waals surface area contributed by atoms with Crippen LogP contribution in [0.15, 0.2) is 42.5 Å². The Hall–Kier alpha value is -1.91. The van der Waals surface area contributed by atoms with Gasteiger partial charge in [-0.05, 0) is 42.2 Å². The Morgan fingerprint density at radius 2 is 1.88 bits per heavy atom. The number of piperazine rings is 1. The van der Waals surface area contributed by atoms with Gasteiger partial charge in [-0.25, -0.2) is 0 Å². The van der Waals surface area contributed by atoms with Gasteiger partial charge in [-0.15, -0.1) is 0 Å². The molecule has 0 bridgehead atoms. The van der Waals surface area contributed by atoms with Crippen LogP contribution in [-0.2, 0) is 4.79 Å². The average molecular weight is 351 g/mol. The molecule has 1 heterocycles. The van der Waals surface area contributed by atoms with Crippen molar-refractivity contribution < 1.29 is 4.79 Å². The van der Waals surface area contributed by atoms with Gasteiger partial charge in [0.1, 0.15) is 0 Å². The number of amides is 1. The van der Waals surface area contributed by atoms with E-state index in [2.05, 4.69) is 59.6 Å². The van der Waals surface area contributed by atoms with Crippen LogP contribution in [0.5, 0.6) is 0 Å². The zero-order valence-electron chi connectivity index (χ0n) is 15.7. The third-order valence-electron chi connectivity index (χ3n) is 5.82. The molecule has 1 amide bonds. The Labute approximate surface area is 156 Å². The summed E-state index contributed by atoms with van der Waals surface area (Å²) in [6, 6.07) is 16.3. The molecular formula is C22H29N3O. The highest BCUT2D eigenvalue weighted by Crippen LogP contribution is 2.35. The summed E-state index contributed by atoms with van der Waals surface area (Å²) in [6.07, 6.45) is 3.16. The lowest BCUT2D eigenvalue weighted by atomic mass is 10.0. The van der Waals surface area contributed by atoms with Crippen LogP contribution in [0, 0.1) is 0 Å². The Balaban J connectivity index is 1.44. The summed E-state index contributed by atoms with van der Waals surface area (Å²) >= 11 is 0. The van der Waals surface area contributed by atoms with Crippen molar-refractivity contribution in [3.05, 3.63) is 48.0 Å². The lowest BCUT2D eigenvalue weighted by Crippen LogP contribution is -2.47. The van der Waals surface area contributed by atoms with Gasteiger partial charge in [0.15, 0.2) is 0 Å². The SMILES string of the molecule is CC(c1ccc2ccccc2c1)N(CCC(=O)N1CCNCC1)C1CC1. The number of nitrogens with zero attached hydrogens (tertiary/aromatic N) is 2. The highest BCUT2D eigenvalue weighted by molar-refractivity contribution is 5.83. The van der Waals surface area contributed by atoms with Crippen LogP contribution in [0.4, 0.5) is 0 Å². The van der Waals surface area contributed by atoms with Crippen molar-refractivity contribution in [3.8, 4) is 0 Å². The van der Waals surface area contributed by atoms with Crippen LogP contribution in [0.3, 0.4) is 0 Å². The maximum absolute atomic E-state index is 12.6. The molecule has 4 rings (SSSR count). The molecule has 26 heavy (non-hydrogen) atoms. The van der Waals surface area contributed by atoms with Crippen LogP contribution >= 0.6 is 0 Å². The normalized spacial score (nSPS) is 19.1. The second kappa shape index (κ2) is 7.77. The van der Waals surface area contributed by atoms with E-state index in [0.29, 0.717) is 24.4 Å². The van der Waals surface area contributed by atoms with Crippen molar-refractivity contribution in [3.63, 3.8) is 0 Å². The number of hydrogen-bond acceptors (Lipinski definition) is 3. The number of carbonyl (C=O) groups excluding carboxylic acids is 1. The predicted molar refractivity (Wildman–Crippen MR) is 106 cm³/mol. The Morgan fingerprint density at radius 1 is 1.15 bits per heavy atom. The number of nitrogens with one attached hydrogen (secondary N) is 1. The number of fused-ring (bicyclic) bond motifs is 1. The van der Waals surface area contributed by atoms with Crippen molar-refractivity contribution in [2.45, 2.75) is 38.3 Å². The summed E-state index contributed by atoms with van der Waals surface area (Å²) in [5.74, 6) is 0.308. The molecule has 2 aromatic carbocycles. The summed E-state index contributed by atoms with van der Waals surface area (Å²) in [4.78, 5) is 17.1. The number of benzene rings is 2. The maximum Gasteiger partial charge on any atom is 0.223 e. The second-order valence-corrected chi connectivity index (χ2v) is 7.63. The monoisotopic (exact) mass is 351 g/mol. The molecule has 2 aliphatic rings. The van der Waals surface area contributed by atoms with E-state index >= 15 is 0 Å². The van der Waals surface area contributed by atoms with Crippen LogP contribution in [0.2, 0.25) is 0 Å². The molecule has 1 saturated carbocycles. The first kappa shape index (κ1) is 17.5. The molecule has 4 heteroatoms. The molecule has 138 valence electrons. The topological polar surface area (TPSA) is 35.6 Å². The minimum atomic E-state index is 0.308. The summed E-state index contributed by atoms with van der Waals surface area (Å²) in [7, 11) is 0. The summed E-state index contributed by atoms with van der Waals surface area (Å²) in [5.41, 5.74) is 1.35. The van der Waals surface area contributed by atoms with Crippen molar-refractivity contribution in [1.29, 1.82) is 0 Å². The molecule has 4 nitrogen and oxygen atoms in total.